The maximum absolute atomic E-state index is 11.2. The number of aryl methyl sites for hydroxylation is 1. The summed E-state index contributed by atoms with van der Waals surface area (Å²) in [6, 6.07) is 0. The van der Waals surface area contributed by atoms with E-state index in [9.17, 15) is 9.90 Å². The fourth-order valence-electron chi connectivity index (χ4n) is 1.60. The summed E-state index contributed by atoms with van der Waals surface area (Å²) >= 11 is 0. The van der Waals surface area contributed by atoms with Gasteiger partial charge in [0.05, 0.1) is 5.69 Å². The molecule has 5 nitrogen and oxygen atoms in total. The molecule has 1 heterocycles. The van der Waals surface area contributed by atoms with Gasteiger partial charge < -0.3 is 10.0 Å². The van der Waals surface area contributed by atoms with Crippen molar-refractivity contribution < 1.29 is 9.90 Å². The summed E-state index contributed by atoms with van der Waals surface area (Å²) < 4.78 is 0. The lowest BCUT2D eigenvalue weighted by Crippen LogP contribution is -2.26. The Kier molecular flexibility index (Phi) is 3.82. The fourth-order valence-corrected chi connectivity index (χ4v) is 1.60. The van der Waals surface area contributed by atoms with Gasteiger partial charge in [0.1, 0.15) is 5.56 Å². The number of carboxylic acids is 1. The van der Waals surface area contributed by atoms with Crippen LogP contribution in [-0.2, 0) is 0 Å². The van der Waals surface area contributed by atoms with Crippen LogP contribution in [-0.4, -0.2) is 34.4 Å². The molecule has 0 spiro atoms. The molecule has 88 valence electrons. The first-order chi connectivity index (χ1) is 7.52. The minimum Gasteiger partial charge on any atom is -0.478 e. The summed E-state index contributed by atoms with van der Waals surface area (Å²) in [5.41, 5.74) is 1.61. The first-order valence-electron chi connectivity index (χ1n) is 5.35. The number of aromatic carboxylic acids is 1. The number of hydrogen-bond acceptors (Lipinski definition) is 4. The van der Waals surface area contributed by atoms with Gasteiger partial charge in [-0.2, -0.15) is 5.10 Å². The van der Waals surface area contributed by atoms with Crippen LogP contribution in [0.15, 0.2) is 0 Å². The molecule has 1 N–H and O–H groups in total. The van der Waals surface area contributed by atoms with Crippen LogP contribution < -0.4 is 4.90 Å². The molecule has 0 unspecified atom stereocenters. The molecule has 5 heteroatoms. The third kappa shape index (κ3) is 2.13. The van der Waals surface area contributed by atoms with Crippen molar-refractivity contribution in [3.05, 3.63) is 16.8 Å². The van der Waals surface area contributed by atoms with E-state index >= 15 is 0 Å². The molecule has 0 aliphatic rings. The summed E-state index contributed by atoms with van der Waals surface area (Å²) in [5, 5.41) is 17.2. The SMILES string of the molecule is CCN(CC)c1nnc(C)c(C)c1C(=O)O. The van der Waals surface area contributed by atoms with Gasteiger partial charge >= 0.3 is 5.97 Å². The maximum atomic E-state index is 11.2. The molecule has 0 radical (unpaired) electrons. The van der Waals surface area contributed by atoms with Gasteiger partial charge in [-0.3, -0.25) is 0 Å². The van der Waals surface area contributed by atoms with Crippen LogP contribution >= 0.6 is 0 Å². The zero-order chi connectivity index (χ0) is 12.3. The van der Waals surface area contributed by atoms with Gasteiger partial charge in [0, 0.05) is 13.1 Å². The van der Waals surface area contributed by atoms with Gasteiger partial charge in [-0.25, -0.2) is 4.79 Å². The molecular weight excluding hydrogens is 206 g/mol. The zero-order valence-corrected chi connectivity index (χ0v) is 10.1. The van der Waals surface area contributed by atoms with Gasteiger partial charge in [0.2, 0.25) is 0 Å². The Hall–Kier alpha value is -1.65. The largest absolute Gasteiger partial charge is 0.478 e. The summed E-state index contributed by atoms with van der Waals surface area (Å²) in [5.74, 6) is -0.488. The zero-order valence-electron chi connectivity index (χ0n) is 10.1. The van der Waals surface area contributed by atoms with Crippen molar-refractivity contribution in [3.8, 4) is 0 Å². The molecule has 0 atom stereocenters. The Morgan fingerprint density at radius 1 is 1.25 bits per heavy atom. The lowest BCUT2D eigenvalue weighted by Gasteiger charge is -2.22. The average molecular weight is 223 g/mol. The molecule has 0 aliphatic heterocycles. The van der Waals surface area contributed by atoms with Crippen LogP contribution in [0.4, 0.5) is 5.82 Å². The number of nitrogens with zero attached hydrogens (tertiary/aromatic N) is 3. The number of aromatic nitrogens is 2. The van der Waals surface area contributed by atoms with Crippen molar-refractivity contribution in [2.24, 2.45) is 0 Å². The highest BCUT2D eigenvalue weighted by molar-refractivity contribution is 5.95. The molecule has 0 aromatic carbocycles. The highest BCUT2D eigenvalue weighted by Gasteiger charge is 2.20. The Labute approximate surface area is 95.1 Å². The molecule has 0 saturated heterocycles. The van der Waals surface area contributed by atoms with E-state index in [1.165, 1.54) is 0 Å². The summed E-state index contributed by atoms with van der Waals surface area (Å²) in [7, 11) is 0. The highest BCUT2D eigenvalue weighted by atomic mass is 16.4. The first-order valence-corrected chi connectivity index (χ1v) is 5.35. The van der Waals surface area contributed by atoms with E-state index in [0.717, 1.165) is 0 Å². The predicted molar refractivity (Wildman–Crippen MR) is 62.0 cm³/mol. The molecule has 0 saturated carbocycles. The van der Waals surface area contributed by atoms with Crippen LogP contribution in [0.25, 0.3) is 0 Å². The van der Waals surface area contributed by atoms with Gasteiger partial charge in [-0.15, -0.1) is 5.10 Å². The topological polar surface area (TPSA) is 66.3 Å². The first kappa shape index (κ1) is 12.4. The summed E-state index contributed by atoms with van der Waals surface area (Å²) in [6.45, 7) is 8.89. The summed E-state index contributed by atoms with van der Waals surface area (Å²) in [4.78, 5) is 13.1. The number of rotatable bonds is 4. The van der Waals surface area contributed by atoms with E-state index in [1.807, 2.05) is 18.7 Å². The number of carbonyl (C=O) groups is 1. The fraction of sp³-hybridized carbons (Fsp3) is 0.545. The molecule has 0 aliphatic carbocycles. The molecule has 1 aromatic rings. The molecule has 1 rings (SSSR count). The van der Waals surface area contributed by atoms with Crippen LogP contribution in [0.2, 0.25) is 0 Å². The Morgan fingerprint density at radius 3 is 2.25 bits per heavy atom. The van der Waals surface area contributed by atoms with E-state index in [2.05, 4.69) is 10.2 Å². The average Bonchev–Trinajstić information content (AvgIpc) is 2.24. The van der Waals surface area contributed by atoms with Gasteiger partial charge in [-0.05, 0) is 33.3 Å². The van der Waals surface area contributed by atoms with E-state index in [4.69, 9.17) is 0 Å². The minimum atomic E-state index is -0.947. The normalized spacial score (nSPS) is 10.2. The summed E-state index contributed by atoms with van der Waals surface area (Å²) in [6.07, 6.45) is 0. The van der Waals surface area contributed by atoms with E-state index in [-0.39, 0.29) is 5.56 Å². The van der Waals surface area contributed by atoms with Crippen molar-refractivity contribution in [2.45, 2.75) is 27.7 Å². The predicted octanol–water partition coefficient (Wildman–Crippen LogP) is 1.64. The van der Waals surface area contributed by atoms with Gasteiger partial charge in [0.15, 0.2) is 5.82 Å². The van der Waals surface area contributed by atoms with Crippen molar-refractivity contribution in [2.75, 3.05) is 18.0 Å². The van der Waals surface area contributed by atoms with Crippen molar-refractivity contribution in [1.29, 1.82) is 0 Å². The molecule has 0 amide bonds. The molecule has 16 heavy (non-hydrogen) atoms. The second-order valence-corrected chi connectivity index (χ2v) is 3.59. The standard InChI is InChI=1S/C11H17N3O2/c1-5-14(6-2)10-9(11(15)16)7(3)8(4)12-13-10/h5-6H2,1-4H3,(H,15,16). The van der Waals surface area contributed by atoms with Crippen molar-refractivity contribution >= 4 is 11.8 Å². The van der Waals surface area contributed by atoms with E-state index in [0.29, 0.717) is 30.2 Å². The monoisotopic (exact) mass is 223 g/mol. The van der Waals surface area contributed by atoms with Crippen LogP contribution in [0.3, 0.4) is 0 Å². The maximum Gasteiger partial charge on any atom is 0.339 e. The quantitative estimate of drug-likeness (QED) is 0.840. The number of anilines is 1. The lowest BCUT2D eigenvalue weighted by molar-refractivity contribution is 0.0696. The third-order valence-electron chi connectivity index (χ3n) is 2.71. The van der Waals surface area contributed by atoms with Crippen LogP contribution in [0.5, 0.6) is 0 Å². The van der Waals surface area contributed by atoms with Crippen LogP contribution in [0, 0.1) is 13.8 Å². The van der Waals surface area contributed by atoms with E-state index < -0.39 is 5.97 Å². The van der Waals surface area contributed by atoms with E-state index in [1.54, 1.807) is 13.8 Å². The third-order valence-corrected chi connectivity index (χ3v) is 2.71. The van der Waals surface area contributed by atoms with Gasteiger partial charge in [-0.1, -0.05) is 0 Å². The molecule has 0 fully saturated rings. The number of carboxylic acid groups (broad SMARTS) is 1. The van der Waals surface area contributed by atoms with Crippen LogP contribution in [0.1, 0.15) is 35.5 Å². The second-order valence-electron chi connectivity index (χ2n) is 3.59. The van der Waals surface area contributed by atoms with Crippen molar-refractivity contribution in [3.63, 3.8) is 0 Å². The highest BCUT2D eigenvalue weighted by Crippen LogP contribution is 2.21. The Balaban J connectivity index is 3.39. The van der Waals surface area contributed by atoms with Gasteiger partial charge in [0.25, 0.3) is 0 Å². The lowest BCUT2D eigenvalue weighted by atomic mass is 10.1. The minimum absolute atomic E-state index is 0.260. The van der Waals surface area contributed by atoms with Crippen molar-refractivity contribution in [1.82, 2.24) is 10.2 Å². The molecule has 0 bridgehead atoms. The smallest absolute Gasteiger partial charge is 0.339 e. The Morgan fingerprint density at radius 2 is 1.81 bits per heavy atom. The second kappa shape index (κ2) is 4.92. The Bertz CT molecular complexity index is 400. The number of hydrogen-bond donors (Lipinski definition) is 1. The molecule has 1 aromatic heterocycles. The molecular formula is C11H17N3O2.